The van der Waals surface area contributed by atoms with Gasteiger partial charge in [0.15, 0.2) is 4.32 Å². The summed E-state index contributed by atoms with van der Waals surface area (Å²) in [6.07, 6.45) is 7.58. The number of carbonyl (C=O) groups is 1. The Morgan fingerprint density at radius 2 is 1.50 bits per heavy atom. The van der Waals surface area contributed by atoms with E-state index in [2.05, 4.69) is 5.10 Å². The van der Waals surface area contributed by atoms with Crippen LogP contribution in [0.3, 0.4) is 0 Å². The standard InChI is InChI=1S/C19H16N2OS4/c1-24-15-7-3-13(4-8-15)11-17-18(22)21(19(23)26-17)20-12-14-5-9-16(25-2)10-6-14/h3-12H,1-2H3. The van der Waals surface area contributed by atoms with Crippen molar-refractivity contribution in [1.29, 1.82) is 0 Å². The van der Waals surface area contributed by atoms with E-state index >= 15 is 0 Å². The molecule has 26 heavy (non-hydrogen) atoms. The van der Waals surface area contributed by atoms with Crippen molar-refractivity contribution in [3.63, 3.8) is 0 Å². The molecular weight excluding hydrogens is 400 g/mol. The maximum atomic E-state index is 12.6. The third-order valence-electron chi connectivity index (χ3n) is 3.63. The van der Waals surface area contributed by atoms with Gasteiger partial charge in [-0.1, -0.05) is 36.0 Å². The first kappa shape index (κ1) is 19.2. The molecule has 3 rings (SSSR count). The molecule has 0 N–H and O–H groups in total. The second-order valence-electron chi connectivity index (χ2n) is 5.28. The van der Waals surface area contributed by atoms with E-state index in [9.17, 15) is 4.79 Å². The minimum Gasteiger partial charge on any atom is -0.266 e. The lowest BCUT2D eigenvalue weighted by atomic mass is 10.2. The van der Waals surface area contributed by atoms with Crippen LogP contribution in [0.1, 0.15) is 11.1 Å². The lowest BCUT2D eigenvalue weighted by Crippen LogP contribution is -2.22. The molecule has 0 unspecified atom stereocenters. The van der Waals surface area contributed by atoms with Crippen LogP contribution in [0.4, 0.5) is 0 Å². The van der Waals surface area contributed by atoms with E-state index < -0.39 is 0 Å². The summed E-state index contributed by atoms with van der Waals surface area (Å²) in [7, 11) is 0. The number of hydrazone groups is 1. The molecule has 1 aliphatic heterocycles. The van der Waals surface area contributed by atoms with Gasteiger partial charge in [0.25, 0.3) is 5.91 Å². The van der Waals surface area contributed by atoms with E-state index in [1.165, 1.54) is 26.6 Å². The van der Waals surface area contributed by atoms with Crippen LogP contribution >= 0.6 is 47.5 Å². The lowest BCUT2D eigenvalue weighted by Gasteiger charge is -2.06. The molecule has 7 heteroatoms. The molecule has 1 saturated heterocycles. The summed E-state index contributed by atoms with van der Waals surface area (Å²) in [5, 5.41) is 5.56. The number of benzene rings is 2. The summed E-state index contributed by atoms with van der Waals surface area (Å²) in [4.78, 5) is 15.5. The number of thiocarbonyl (C=S) groups is 1. The lowest BCUT2D eigenvalue weighted by molar-refractivity contribution is -0.122. The monoisotopic (exact) mass is 416 g/mol. The number of rotatable bonds is 5. The topological polar surface area (TPSA) is 32.7 Å². The van der Waals surface area contributed by atoms with Crippen LogP contribution in [-0.4, -0.2) is 34.0 Å². The summed E-state index contributed by atoms with van der Waals surface area (Å²) >= 11 is 9.96. The fourth-order valence-corrected chi connectivity index (χ4v) is 4.21. The highest BCUT2D eigenvalue weighted by molar-refractivity contribution is 8.26. The molecule has 0 radical (unpaired) electrons. The first-order valence-corrected chi connectivity index (χ1v) is 11.4. The Kier molecular flexibility index (Phi) is 6.58. The third kappa shape index (κ3) is 4.59. The normalized spacial score (nSPS) is 16.2. The van der Waals surface area contributed by atoms with Gasteiger partial charge in [0.2, 0.25) is 0 Å². The van der Waals surface area contributed by atoms with Crippen molar-refractivity contribution in [3.8, 4) is 0 Å². The highest BCUT2D eigenvalue weighted by Crippen LogP contribution is 2.33. The van der Waals surface area contributed by atoms with Crippen molar-refractivity contribution in [2.45, 2.75) is 9.79 Å². The average Bonchev–Trinajstić information content (AvgIpc) is 2.94. The molecule has 1 aliphatic rings. The molecular formula is C19H16N2OS4. The van der Waals surface area contributed by atoms with Gasteiger partial charge in [-0.05, 0) is 66.2 Å². The number of carbonyl (C=O) groups excluding carboxylic acids is 1. The third-order valence-corrected chi connectivity index (χ3v) is 6.40. The smallest absolute Gasteiger partial charge is 0.266 e. The van der Waals surface area contributed by atoms with E-state index in [0.717, 1.165) is 11.1 Å². The number of hydrogen-bond donors (Lipinski definition) is 0. The molecule has 0 aliphatic carbocycles. The van der Waals surface area contributed by atoms with Gasteiger partial charge in [-0.15, -0.1) is 23.5 Å². The van der Waals surface area contributed by atoms with Crippen molar-refractivity contribution in [1.82, 2.24) is 5.01 Å². The van der Waals surface area contributed by atoms with Crippen molar-refractivity contribution in [2.75, 3.05) is 12.5 Å². The number of hydrogen-bond acceptors (Lipinski definition) is 6. The van der Waals surface area contributed by atoms with Crippen molar-refractivity contribution < 1.29 is 4.79 Å². The Bertz CT molecular complexity index is 873. The Morgan fingerprint density at radius 3 is 2.04 bits per heavy atom. The van der Waals surface area contributed by atoms with Gasteiger partial charge < -0.3 is 0 Å². The Balaban J connectivity index is 1.75. The first-order valence-electron chi connectivity index (χ1n) is 7.71. The second kappa shape index (κ2) is 8.90. The molecule has 0 aromatic heterocycles. The molecule has 1 amide bonds. The van der Waals surface area contributed by atoms with Crippen LogP contribution in [0, 0.1) is 0 Å². The van der Waals surface area contributed by atoms with Crippen LogP contribution in [0.5, 0.6) is 0 Å². The number of thioether (sulfide) groups is 3. The molecule has 0 saturated carbocycles. The minimum atomic E-state index is -0.189. The predicted octanol–water partition coefficient (Wildman–Crippen LogP) is 5.37. The molecule has 0 atom stereocenters. The zero-order valence-electron chi connectivity index (χ0n) is 14.2. The molecule has 0 bridgehead atoms. The zero-order chi connectivity index (χ0) is 18.5. The second-order valence-corrected chi connectivity index (χ2v) is 8.72. The molecule has 132 valence electrons. The van der Waals surface area contributed by atoms with E-state index in [-0.39, 0.29) is 5.91 Å². The summed E-state index contributed by atoms with van der Waals surface area (Å²) < 4.78 is 0.443. The van der Waals surface area contributed by atoms with E-state index in [0.29, 0.717) is 9.23 Å². The van der Waals surface area contributed by atoms with Crippen LogP contribution in [0.2, 0.25) is 0 Å². The highest BCUT2D eigenvalue weighted by Gasteiger charge is 2.31. The Hall–Kier alpha value is -1.54. The summed E-state index contributed by atoms with van der Waals surface area (Å²) in [5.41, 5.74) is 1.90. The zero-order valence-corrected chi connectivity index (χ0v) is 17.5. The number of amides is 1. The van der Waals surface area contributed by atoms with Gasteiger partial charge in [-0.3, -0.25) is 4.79 Å². The molecule has 3 nitrogen and oxygen atoms in total. The quantitative estimate of drug-likeness (QED) is 0.283. The van der Waals surface area contributed by atoms with Crippen LogP contribution in [-0.2, 0) is 4.79 Å². The van der Waals surface area contributed by atoms with E-state index in [1.807, 2.05) is 67.1 Å². The largest absolute Gasteiger partial charge is 0.286 e. The van der Waals surface area contributed by atoms with Gasteiger partial charge in [0.05, 0.1) is 11.1 Å². The molecule has 2 aromatic rings. The van der Waals surface area contributed by atoms with Crippen LogP contribution in [0.25, 0.3) is 6.08 Å². The number of nitrogens with zero attached hydrogens (tertiary/aromatic N) is 2. The van der Waals surface area contributed by atoms with Gasteiger partial charge >= 0.3 is 0 Å². The molecule has 0 spiro atoms. The van der Waals surface area contributed by atoms with Crippen LogP contribution < -0.4 is 0 Å². The highest BCUT2D eigenvalue weighted by atomic mass is 32.2. The maximum Gasteiger partial charge on any atom is 0.286 e. The Labute approximate surface area is 171 Å². The molecule has 1 heterocycles. The van der Waals surface area contributed by atoms with E-state index in [1.54, 1.807) is 29.7 Å². The average molecular weight is 417 g/mol. The Morgan fingerprint density at radius 1 is 0.962 bits per heavy atom. The molecule has 1 fully saturated rings. The van der Waals surface area contributed by atoms with Crippen molar-refractivity contribution >= 4 is 70.0 Å². The fraction of sp³-hybridized carbons (Fsp3) is 0.105. The fourth-order valence-electron chi connectivity index (χ4n) is 2.22. The SMILES string of the molecule is CSc1ccc(C=NN2C(=O)C(=Cc3ccc(SC)cc3)SC2=S)cc1. The van der Waals surface area contributed by atoms with Gasteiger partial charge in [-0.2, -0.15) is 10.1 Å². The van der Waals surface area contributed by atoms with Crippen LogP contribution in [0.15, 0.2) is 68.3 Å². The summed E-state index contributed by atoms with van der Waals surface area (Å²) in [5.74, 6) is -0.189. The summed E-state index contributed by atoms with van der Waals surface area (Å²) in [6, 6.07) is 16.0. The van der Waals surface area contributed by atoms with Crippen molar-refractivity contribution in [3.05, 3.63) is 64.6 Å². The maximum absolute atomic E-state index is 12.6. The minimum absolute atomic E-state index is 0.189. The first-order chi connectivity index (χ1) is 12.6. The van der Waals surface area contributed by atoms with Gasteiger partial charge in [0, 0.05) is 9.79 Å². The predicted molar refractivity (Wildman–Crippen MR) is 119 cm³/mol. The summed E-state index contributed by atoms with van der Waals surface area (Å²) in [6.45, 7) is 0. The van der Waals surface area contributed by atoms with Gasteiger partial charge in [-0.25, -0.2) is 0 Å². The van der Waals surface area contributed by atoms with E-state index in [4.69, 9.17) is 12.2 Å². The van der Waals surface area contributed by atoms with Gasteiger partial charge in [0.1, 0.15) is 0 Å². The molecule has 2 aromatic carbocycles. The van der Waals surface area contributed by atoms with Crippen molar-refractivity contribution in [2.24, 2.45) is 5.10 Å².